The average Bonchev–Trinajstić information content (AvgIpc) is 2.65. The number of halogens is 1. The van der Waals surface area contributed by atoms with Crippen LogP contribution in [0.3, 0.4) is 0 Å². The van der Waals surface area contributed by atoms with Crippen molar-refractivity contribution in [2.24, 2.45) is 0 Å². The van der Waals surface area contributed by atoms with E-state index in [2.05, 4.69) is 24.1 Å². The summed E-state index contributed by atoms with van der Waals surface area (Å²) in [6.07, 6.45) is 7.97. The third kappa shape index (κ3) is 2.59. The predicted molar refractivity (Wildman–Crippen MR) is 62.6 cm³/mol. The van der Waals surface area contributed by atoms with Crippen molar-refractivity contribution < 1.29 is 4.39 Å². The van der Waals surface area contributed by atoms with Crippen LogP contribution in [-0.4, -0.2) is 10.5 Å². The lowest BCUT2D eigenvalue weighted by Crippen LogP contribution is -2.41. The van der Waals surface area contributed by atoms with Gasteiger partial charge in [0.1, 0.15) is 5.82 Å². The van der Waals surface area contributed by atoms with Gasteiger partial charge in [-0.05, 0) is 38.3 Å². The van der Waals surface area contributed by atoms with Crippen LogP contribution in [0.4, 0.5) is 4.39 Å². The SMILES string of the molecule is CC(NC1(C)CCCC1)c1cncc(F)c1. The van der Waals surface area contributed by atoms with Crippen LogP contribution in [-0.2, 0) is 0 Å². The summed E-state index contributed by atoms with van der Waals surface area (Å²) >= 11 is 0. The normalized spacial score (nSPS) is 20.9. The zero-order valence-electron chi connectivity index (χ0n) is 9.96. The summed E-state index contributed by atoms with van der Waals surface area (Å²) in [5.74, 6) is -0.261. The lowest BCUT2D eigenvalue weighted by atomic mass is 9.98. The molecule has 1 saturated carbocycles. The van der Waals surface area contributed by atoms with Gasteiger partial charge in [0, 0.05) is 17.8 Å². The second kappa shape index (κ2) is 4.50. The van der Waals surface area contributed by atoms with E-state index in [9.17, 15) is 4.39 Å². The number of aromatic nitrogens is 1. The summed E-state index contributed by atoms with van der Waals surface area (Å²) in [4.78, 5) is 3.89. The maximum atomic E-state index is 13.0. The molecule has 0 saturated heterocycles. The van der Waals surface area contributed by atoms with Crippen molar-refractivity contribution in [2.45, 2.75) is 51.1 Å². The minimum Gasteiger partial charge on any atom is -0.305 e. The second-order valence-corrected chi connectivity index (χ2v) is 5.07. The lowest BCUT2D eigenvalue weighted by molar-refractivity contribution is 0.326. The number of hydrogen-bond acceptors (Lipinski definition) is 2. The third-order valence-corrected chi connectivity index (χ3v) is 3.50. The van der Waals surface area contributed by atoms with E-state index in [4.69, 9.17) is 0 Å². The van der Waals surface area contributed by atoms with E-state index in [1.165, 1.54) is 31.9 Å². The number of pyridine rings is 1. The molecule has 2 rings (SSSR count). The average molecular weight is 222 g/mol. The van der Waals surface area contributed by atoms with Gasteiger partial charge in [-0.3, -0.25) is 4.98 Å². The van der Waals surface area contributed by atoms with Crippen molar-refractivity contribution >= 4 is 0 Å². The molecule has 1 aliphatic rings. The van der Waals surface area contributed by atoms with Crippen LogP contribution in [0.5, 0.6) is 0 Å². The van der Waals surface area contributed by atoms with Gasteiger partial charge in [0.25, 0.3) is 0 Å². The van der Waals surface area contributed by atoms with Crippen molar-refractivity contribution in [1.82, 2.24) is 10.3 Å². The highest BCUT2D eigenvalue weighted by molar-refractivity contribution is 5.15. The van der Waals surface area contributed by atoms with E-state index in [1.807, 2.05) is 0 Å². The van der Waals surface area contributed by atoms with Gasteiger partial charge in [0.05, 0.1) is 6.20 Å². The molecule has 0 spiro atoms. The van der Waals surface area contributed by atoms with Crippen LogP contribution >= 0.6 is 0 Å². The smallest absolute Gasteiger partial charge is 0.141 e. The van der Waals surface area contributed by atoms with E-state index < -0.39 is 0 Å². The van der Waals surface area contributed by atoms with Gasteiger partial charge in [-0.15, -0.1) is 0 Å². The molecule has 3 heteroatoms. The number of hydrogen-bond donors (Lipinski definition) is 1. The first-order chi connectivity index (χ1) is 7.59. The Bertz CT molecular complexity index is 359. The van der Waals surface area contributed by atoms with Crippen LogP contribution in [0, 0.1) is 5.82 Å². The Hall–Kier alpha value is -0.960. The van der Waals surface area contributed by atoms with Gasteiger partial charge < -0.3 is 5.32 Å². The van der Waals surface area contributed by atoms with Gasteiger partial charge >= 0.3 is 0 Å². The Morgan fingerprint density at radius 2 is 2.06 bits per heavy atom. The van der Waals surface area contributed by atoms with E-state index in [-0.39, 0.29) is 17.4 Å². The summed E-state index contributed by atoms with van der Waals surface area (Å²) in [5.41, 5.74) is 1.14. The number of rotatable bonds is 3. The Morgan fingerprint density at radius 1 is 1.38 bits per heavy atom. The summed E-state index contributed by atoms with van der Waals surface area (Å²) in [6, 6.07) is 1.72. The number of nitrogens with one attached hydrogen (secondary N) is 1. The molecule has 1 N–H and O–H groups in total. The van der Waals surface area contributed by atoms with Crippen molar-refractivity contribution in [3.63, 3.8) is 0 Å². The molecule has 1 aromatic heterocycles. The highest BCUT2D eigenvalue weighted by Gasteiger charge is 2.29. The van der Waals surface area contributed by atoms with E-state index >= 15 is 0 Å². The maximum absolute atomic E-state index is 13.0. The summed E-state index contributed by atoms with van der Waals surface area (Å²) < 4.78 is 13.0. The van der Waals surface area contributed by atoms with Gasteiger partial charge in [-0.2, -0.15) is 0 Å². The molecule has 16 heavy (non-hydrogen) atoms. The first-order valence-corrected chi connectivity index (χ1v) is 5.97. The van der Waals surface area contributed by atoms with Crippen LogP contribution in [0.1, 0.15) is 51.1 Å². The monoisotopic (exact) mass is 222 g/mol. The highest BCUT2D eigenvalue weighted by Crippen LogP contribution is 2.31. The molecule has 0 amide bonds. The topological polar surface area (TPSA) is 24.9 Å². The molecular formula is C13H19FN2. The summed E-state index contributed by atoms with van der Waals surface area (Å²) in [7, 11) is 0. The van der Waals surface area contributed by atoms with Gasteiger partial charge in [-0.1, -0.05) is 12.8 Å². The van der Waals surface area contributed by atoms with E-state index in [1.54, 1.807) is 12.3 Å². The van der Waals surface area contributed by atoms with Crippen molar-refractivity contribution in [3.05, 3.63) is 29.8 Å². The van der Waals surface area contributed by atoms with Crippen LogP contribution < -0.4 is 5.32 Å². The molecule has 0 aliphatic heterocycles. The fourth-order valence-electron chi connectivity index (χ4n) is 2.57. The molecule has 1 aromatic rings. The van der Waals surface area contributed by atoms with Crippen molar-refractivity contribution in [1.29, 1.82) is 0 Å². The predicted octanol–water partition coefficient (Wildman–Crippen LogP) is 3.20. The Labute approximate surface area is 96.3 Å². The number of nitrogens with zero attached hydrogens (tertiary/aromatic N) is 1. The van der Waals surface area contributed by atoms with Gasteiger partial charge in [0.2, 0.25) is 0 Å². The fourth-order valence-corrected chi connectivity index (χ4v) is 2.57. The first kappa shape index (κ1) is 11.5. The van der Waals surface area contributed by atoms with Gasteiger partial charge in [-0.25, -0.2) is 4.39 Å². The van der Waals surface area contributed by atoms with E-state index in [0.717, 1.165) is 5.56 Å². The van der Waals surface area contributed by atoms with Crippen LogP contribution in [0.15, 0.2) is 18.5 Å². The summed E-state index contributed by atoms with van der Waals surface area (Å²) in [6.45, 7) is 4.32. The molecule has 0 radical (unpaired) electrons. The molecular weight excluding hydrogens is 203 g/mol. The largest absolute Gasteiger partial charge is 0.305 e. The molecule has 1 fully saturated rings. The fraction of sp³-hybridized carbons (Fsp3) is 0.615. The summed E-state index contributed by atoms with van der Waals surface area (Å²) in [5, 5.41) is 3.59. The minimum atomic E-state index is -0.261. The molecule has 1 unspecified atom stereocenters. The molecule has 1 atom stereocenters. The van der Waals surface area contributed by atoms with E-state index in [0.29, 0.717) is 0 Å². The van der Waals surface area contributed by atoms with Crippen LogP contribution in [0.2, 0.25) is 0 Å². The minimum absolute atomic E-state index is 0.159. The molecule has 1 heterocycles. The zero-order chi connectivity index (χ0) is 11.6. The van der Waals surface area contributed by atoms with Gasteiger partial charge in [0.15, 0.2) is 0 Å². The Morgan fingerprint density at radius 3 is 2.69 bits per heavy atom. The molecule has 0 aromatic carbocycles. The Kier molecular flexibility index (Phi) is 3.24. The third-order valence-electron chi connectivity index (χ3n) is 3.50. The molecule has 88 valence electrons. The second-order valence-electron chi connectivity index (χ2n) is 5.07. The standard InChI is InChI=1S/C13H19FN2/c1-10(11-7-12(14)9-15-8-11)16-13(2)5-3-4-6-13/h7-10,16H,3-6H2,1-2H3. The maximum Gasteiger partial charge on any atom is 0.141 e. The zero-order valence-corrected chi connectivity index (χ0v) is 9.96. The highest BCUT2D eigenvalue weighted by atomic mass is 19.1. The molecule has 1 aliphatic carbocycles. The quantitative estimate of drug-likeness (QED) is 0.849. The lowest BCUT2D eigenvalue weighted by Gasteiger charge is -2.29. The Balaban J connectivity index is 2.05. The molecule has 2 nitrogen and oxygen atoms in total. The van der Waals surface area contributed by atoms with Crippen LogP contribution in [0.25, 0.3) is 0 Å². The van der Waals surface area contributed by atoms with Crippen molar-refractivity contribution in [3.8, 4) is 0 Å². The molecule has 0 bridgehead atoms. The van der Waals surface area contributed by atoms with Crippen molar-refractivity contribution in [2.75, 3.05) is 0 Å². The first-order valence-electron chi connectivity index (χ1n) is 5.97.